The monoisotopic (exact) mass is 266 g/mol. The lowest BCUT2D eigenvalue weighted by molar-refractivity contribution is 0.0729. The molecule has 0 aromatic rings. The number of nitrogens with one attached hydrogen (secondary N) is 1. The molecule has 1 N–H and O–H groups in total. The van der Waals surface area contributed by atoms with E-state index in [4.69, 9.17) is 0 Å². The van der Waals surface area contributed by atoms with E-state index in [9.17, 15) is 0 Å². The van der Waals surface area contributed by atoms with Gasteiger partial charge >= 0.3 is 0 Å². The van der Waals surface area contributed by atoms with Gasteiger partial charge in [-0.2, -0.15) is 0 Å². The smallest absolute Gasteiger partial charge is 0.0156 e. The highest BCUT2D eigenvalue weighted by molar-refractivity contribution is 4.95. The van der Waals surface area contributed by atoms with Crippen LogP contribution in [0.1, 0.15) is 59.8 Å². The lowest BCUT2D eigenvalue weighted by atomic mass is 9.67. The molecule has 3 atom stereocenters. The molecular weight excluding hydrogens is 232 g/mol. The molecule has 19 heavy (non-hydrogen) atoms. The minimum Gasteiger partial charge on any atom is -0.316 e. The third kappa shape index (κ3) is 3.33. The van der Waals surface area contributed by atoms with E-state index < -0.39 is 0 Å². The van der Waals surface area contributed by atoms with Crippen molar-refractivity contribution in [1.82, 2.24) is 10.2 Å². The fraction of sp³-hybridized carbons (Fsp3) is 1.00. The molecule has 0 radical (unpaired) electrons. The van der Waals surface area contributed by atoms with Gasteiger partial charge in [0, 0.05) is 18.6 Å². The Balaban J connectivity index is 2.01. The molecule has 112 valence electrons. The van der Waals surface area contributed by atoms with Crippen molar-refractivity contribution in [3.8, 4) is 0 Å². The largest absolute Gasteiger partial charge is 0.316 e. The normalized spacial score (nSPS) is 36.0. The fourth-order valence-corrected chi connectivity index (χ4v) is 4.74. The van der Waals surface area contributed by atoms with Gasteiger partial charge in [-0.15, -0.1) is 0 Å². The molecule has 1 saturated heterocycles. The average Bonchev–Trinajstić information content (AvgIpc) is 2.76. The Bertz CT molecular complexity index is 285. The van der Waals surface area contributed by atoms with Gasteiger partial charge in [-0.3, -0.25) is 4.90 Å². The van der Waals surface area contributed by atoms with Gasteiger partial charge < -0.3 is 5.32 Å². The van der Waals surface area contributed by atoms with Crippen molar-refractivity contribution in [3.63, 3.8) is 0 Å². The Hall–Kier alpha value is -0.0800. The summed E-state index contributed by atoms with van der Waals surface area (Å²) in [7, 11) is 2.16. The number of likely N-dealkylation sites (tertiary alicyclic amines) is 1. The second kappa shape index (κ2) is 6.13. The first kappa shape index (κ1) is 15.3. The highest BCUT2D eigenvalue weighted by Crippen LogP contribution is 2.40. The van der Waals surface area contributed by atoms with Crippen LogP contribution in [0.5, 0.6) is 0 Å². The SMILES string of the molecule is CNC1C(CN2CCCC2C(C)C)CCCC1(C)C. The van der Waals surface area contributed by atoms with Gasteiger partial charge in [0.05, 0.1) is 0 Å². The molecular formula is C17H34N2. The molecule has 2 nitrogen and oxygen atoms in total. The first-order valence-corrected chi connectivity index (χ1v) is 8.37. The van der Waals surface area contributed by atoms with Gasteiger partial charge in [0.2, 0.25) is 0 Å². The van der Waals surface area contributed by atoms with Crippen LogP contribution in [0, 0.1) is 17.3 Å². The third-order valence-corrected chi connectivity index (χ3v) is 5.67. The standard InChI is InChI=1S/C17H34N2/c1-13(2)15-9-7-11-19(15)12-14-8-6-10-17(3,4)16(14)18-5/h13-16,18H,6-12H2,1-5H3. The second-order valence-electron chi connectivity index (χ2n) is 7.86. The molecule has 3 unspecified atom stereocenters. The molecule has 1 aliphatic carbocycles. The number of hydrogen-bond donors (Lipinski definition) is 1. The summed E-state index contributed by atoms with van der Waals surface area (Å²) in [6, 6.07) is 1.53. The van der Waals surface area contributed by atoms with Crippen LogP contribution in [-0.4, -0.2) is 37.1 Å². The lowest BCUT2D eigenvalue weighted by Gasteiger charge is -2.46. The van der Waals surface area contributed by atoms with E-state index in [2.05, 4.69) is 45.0 Å². The maximum atomic E-state index is 3.64. The van der Waals surface area contributed by atoms with Crippen LogP contribution >= 0.6 is 0 Å². The summed E-state index contributed by atoms with van der Waals surface area (Å²) in [5, 5.41) is 3.64. The van der Waals surface area contributed by atoms with E-state index in [0.29, 0.717) is 11.5 Å². The average molecular weight is 266 g/mol. The lowest BCUT2D eigenvalue weighted by Crippen LogP contribution is -2.52. The Morgan fingerprint density at radius 3 is 2.58 bits per heavy atom. The summed E-state index contributed by atoms with van der Waals surface area (Å²) in [6.07, 6.45) is 7.02. The van der Waals surface area contributed by atoms with Crippen LogP contribution < -0.4 is 5.32 Å². The summed E-state index contributed by atoms with van der Waals surface area (Å²) >= 11 is 0. The quantitative estimate of drug-likeness (QED) is 0.837. The van der Waals surface area contributed by atoms with E-state index in [-0.39, 0.29) is 0 Å². The minimum atomic E-state index is 0.463. The van der Waals surface area contributed by atoms with E-state index in [1.165, 1.54) is 45.2 Å². The molecule has 2 aliphatic rings. The van der Waals surface area contributed by atoms with E-state index >= 15 is 0 Å². The summed E-state index contributed by atoms with van der Waals surface area (Å²) in [5.41, 5.74) is 0.463. The highest BCUT2D eigenvalue weighted by Gasteiger charge is 2.40. The predicted octanol–water partition coefficient (Wildman–Crippen LogP) is 3.52. The van der Waals surface area contributed by atoms with Crippen LogP contribution in [-0.2, 0) is 0 Å². The van der Waals surface area contributed by atoms with Crippen LogP contribution in [0.25, 0.3) is 0 Å². The molecule has 0 amide bonds. The molecule has 2 rings (SSSR count). The van der Waals surface area contributed by atoms with Crippen molar-refractivity contribution in [3.05, 3.63) is 0 Å². The van der Waals surface area contributed by atoms with Crippen molar-refractivity contribution in [1.29, 1.82) is 0 Å². The van der Waals surface area contributed by atoms with E-state index in [1.54, 1.807) is 0 Å². The fourth-order valence-electron chi connectivity index (χ4n) is 4.74. The molecule has 2 heteroatoms. The Morgan fingerprint density at radius 2 is 1.95 bits per heavy atom. The van der Waals surface area contributed by atoms with Gasteiger partial charge in [0.1, 0.15) is 0 Å². The zero-order chi connectivity index (χ0) is 14.0. The van der Waals surface area contributed by atoms with Gasteiger partial charge in [0.15, 0.2) is 0 Å². The van der Waals surface area contributed by atoms with Gasteiger partial charge in [-0.05, 0) is 56.5 Å². The summed E-state index contributed by atoms with van der Waals surface area (Å²) in [4.78, 5) is 2.79. The minimum absolute atomic E-state index is 0.463. The summed E-state index contributed by atoms with van der Waals surface area (Å²) in [5.74, 6) is 1.65. The number of hydrogen-bond acceptors (Lipinski definition) is 2. The topological polar surface area (TPSA) is 15.3 Å². The maximum Gasteiger partial charge on any atom is 0.0156 e. The molecule has 0 aromatic carbocycles. The number of nitrogens with zero attached hydrogens (tertiary/aromatic N) is 1. The Kier molecular flexibility index (Phi) is 4.94. The predicted molar refractivity (Wildman–Crippen MR) is 83.4 cm³/mol. The Labute approximate surface area is 120 Å². The van der Waals surface area contributed by atoms with Gasteiger partial charge in [0.25, 0.3) is 0 Å². The first-order chi connectivity index (χ1) is 8.95. The molecule has 2 fully saturated rings. The van der Waals surface area contributed by atoms with Crippen LogP contribution in [0.2, 0.25) is 0 Å². The zero-order valence-electron chi connectivity index (χ0n) is 13.7. The Morgan fingerprint density at radius 1 is 1.21 bits per heavy atom. The van der Waals surface area contributed by atoms with E-state index in [0.717, 1.165) is 17.9 Å². The highest BCUT2D eigenvalue weighted by atomic mass is 15.2. The zero-order valence-corrected chi connectivity index (χ0v) is 13.7. The van der Waals surface area contributed by atoms with Crippen molar-refractivity contribution < 1.29 is 0 Å². The van der Waals surface area contributed by atoms with Crippen molar-refractivity contribution in [2.24, 2.45) is 17.3 Å². The molecule has 1 aliphatic heterocycles. The van der Waals surface area contributed by atoms with E-state index in [1.807, 2.05) is 0 Å². The van der Waals surface area contributed by atoms with Crippen molar-refractivity contribution in [2.45, 2.75) is 71.9 Å². The summed E-state index contributed by atoms with van der Waals surface area (Å²) in [6.45, 7) is 12.3. The molecule has 1 saturated carbocycles. The summed E-state index contributed by atoms with van der Waals surface area (Å²) < 4.78 is 0. The molecule has 1 heterocycles. The maximum absolute atomic E-state index is 3.64. The van der Waals surface area contributed by atoms with Crippen molar-refractivity contribution in [2.75, 3.05) is 20.1 Å². The van der Waals surface area contributed by atoms with Crippen LogP contribution in [0.3, 0.4) is 0 Å². The molecule has 0 aromatic heterocycles. The van der Waals surface area contributed by atoms with Gasteiger partial charge in [-0.25, -0.2) is 0 Å². The van der Waals surface area contributed by atoms with Crippen LogP contribution in [0.4, 0.5) is 0 Å². The molecule has 0 bridgehead atoms. The first-order valence-electron chi connectivity index (χ1n) is 8.37. The van der Waals surface area contributed by atoms with Crippen LogP contribution in [0.15, 0.2) is 0 Å². The second-order valence-corrected chi connectivity index (χ2v) is 7.86. The third-order valence-electron chi connectivity index (χ3n) is 5.67. The van der Waals surface area contributed by atoms with Gasteiger partial charge in [-0.1, -0.05) is 34.1 Å². The number of rotatable bonds is 4. The van der Waals surface area contributed by atoms with Crippen molar-refractivity contribution >= 4 is 0 Å². The molecule has 0 spiro atoms.